The van der Waals surface area contributed by atoms with Gasteiger partial charge in [0.2, 0.25) is 0 Å². The molecule has 2 N–H and O–H groups in total. The van der Waals surface area contributed by atoms with Crippen LogP contribution in [0.4, 0.5) is 10.2 Å². The molecule has 4 heterocycles. The smallest absolute Gasteiger partial charge is 0.267 e. The zero-order valence-electron chi connectivity index (χ0n) is 15.5. The Morgan fingerprint density at radius 3 is 2.83 bits per heavy atom. The third-order valence-electron chi connectivity index (χ3n) is 4.76. The zero-order valence-corrected chi connectivity index (χ0v) is 17.9. The lowest BCUT2D eigenvalue weighted by Crippen LogP contribution is -2.26. The summed E-state index contributed by atoms with van der Waals surface area (Å²) in [5.74, 6) is 0.0865. The molecule has 0 amide bonds. The molecule has 30 heavy (non-hydrogen) atoms. The zero-order chi connectivity index (χ0) is 21.0. The van der Waals surface area contributed by atoms with Gasteiger partial charge in [0.15, 0.2) is 5.65 Å². The van der Waals surface area contributed by atoms with Gasteiger partial charge in [0, 0.05) is 0 Å². The van der Waals surface area contributed by atoms with Gasteiger partial charge < -0.3 is 5.73 Å². The number of benzene rings is 1. The number of hydrogen-bond donors (Lipinski definition) is 1. The number of rotatable bonds is 3. The average molecular weight is 486 g/mol. The highest BCUT2D eigenvalue weighted by Crippen LogP contribution is 2.27. The van der Waals surface area contributed by atoms with Crippen molar-refractivity contribution in [3.63, 3.8) is 0 Å². The summed E-state index contributed by atoms with van der Waals surface area (Å²) in [5.41, 5.74) is 7.03. The fraction of sp³-hybridized carbons (Fsp3) is 0.105. The Morgan fingerprint density at radius 1 is 1.23 bits per heavy atom. The van der Waals surface area contributed by atoms with Gasteiger partial charge in [0.25, 0.3) is 5.56 Å². The molecule has 0 bridgehead atoms. The van der Waals surface area contributed by atoms with Crippen LogP contribution in [0.2, 0.25) is 0 Å². The van der Waals surface area contributed by atoms with Crippen LogP contribution < -0.4 is 11.3 Å². The second-order valence-corrected chi connectivity index (χ2v) is 8.23. The Labute approximate surface area is 181 Å². The number of para-hydroxylation sites is 1. The first-order valence-electron chi connectivity index (χ1n) is 8.83. The number of nitrogen functional groups attached to an aromatic ring is 1. The van der Waals surface area contributed by atoms with Crippen molar-refractivity contribution in [1.82, 2.24) is 29.3 Å². The van der Waals surface area contributed by atoms with E-state index in [9.17, 15) is 9.18 Å². The molecule has 0 atom stereocenters. The van der Waals surface area contributed by atoms with Gasteiger partial charge in [-0.1, -0.05) is 12.1 Å². The number of nitrogens with two attached hydrogens (primary N) is 1. The van der Waals surface area contributed by atoms with E-state index < -0.39 is 5.82 Å². The van der Waals surface area contributed by atoms with Crippen molar-refractivity contribution in [3.05, 3.63) is 68.1 Å². The highest BCUT2D eigenvalue weighted by Gasteiger charge is 2.20. The van der Waals surface area contributed by atoms with Crippen LogP contribution >= 0.6 is 27.3 Å². The van der Waals surface area contributed by atoms with Crippen molar-refractivity contribution in [2.24, 2.45) is 0 Å². The maximum atomic E-state index is 14.7. The second kappa shape index (κ2) is 6.96. The SMILES string of the molecule is Cc1csc2nc(Cn3nc(Br)c4c(N)ncnc43)n(-c3ccccc3F)c(=O)c12. The van der Waals surface area contributed by atoms with Crippen LogP contribution in [-0.2, 0) is 6.54 Å². The fourth-order valence-electron chi connectivity index (χ4n) is 3.39. The summed E-state index contributed by atoms with van der Waals surface area (Å²) >= 11 is 4.75. The van der Waals surface area contributed by atoms with Gasteiger partial charge in [-0.05, 0) is 45.9 Å². The third-order valence-corrected chi connectivity index (χ3v) is 6.31. The van der Waals surface area contributed by atoms with E-state index in [1.165, 1.54) is 28.3 Å². The number of hydrogen-bond acceptors (Lipinski definition) is 7. The Bertz CT molecular complexity index is 1510. The minimum Gasteiger partial charge on any atom is -0.383 e. The molecule has 0 spiro atoms. The summed E-state index contributed by atoms with van der Waals surface area (Å²) in [6, 6.07) is 6.10. The Morgan fingerprint density at radius 2 is 2.03 bits per heavy atom. The van der Waals surface area contributed by atoms with Gasteiger partial charge in [-0.15, -0.1) is 11.3 Å². The summed E-state index contributed by atoms with van der Waals surface area (Å²) in [6.45, 7) is 1.92. The molecule has 0 radical (unpaired) electrons. The monoisotopic (exact) mass is 485 g/mol. The van der Waals surface area contributed by atoms with Crippen LogP contribution in [0.15, 0.2) is 45.4 Å². The number of fused-ring (bicyclic) bond motifs is 2. The third kappa shape index (κ3) is 2.81. The fourth-order valence-corrected chi connectivity index (χ4v) is 4.89. The minimum absolute atomic E-state index is 0.0784. The van der Waals surface area contributed by atoms with Crippen molar-refractivity contribution < 1.29 is 4.39 Å². The van der Waals surface area contributed by atoms with Gasteiger partial charge in [-0.25, -0.2) is 24.0 Å². The number of nitrogens with zero attached hydrogens (tertiary/aromatic N) is 6. The van der Waals surface area contributed by atoms with Crippen LogP contribution in [0.3, 0.4) is 0 Å². The molecule has 11 heteroatoms. The molecule has 0 fully saturated rings. The van der Waals surface area contributed by atoms with Gasteiger partial charge in [-0.3, -0.25) is 9.36 Å². The van der Waals surface area contributed by atoms with Gasteiger partial charge in [0.1, 0.15) is 39.8 Å². The molecule has 4 aromatic heterocycles. The van der Waals surface area contributed by atoms with E-state index >= 15 is 0 Å². The largest absolute Gasteiger partial charge is 0.383 e. The number of thiophene rings is 1. The Balaban J connectivity index is 1.80. The quantitative estimate of drug-likeness (QED) is 0.419. The van der Waals surface area contributed by atoms with Crippen LogP contribution in [0, 0.1) is 12.7 Å². The van der Waals surface area contributed by atoms with Crippen molar-refractivity contribution in [3.8, 4) is 5.69 Å². The summed E-state index contributed by atoms with van der Waals surface area (Å²) in [4.78, 5) is 26.9. The van der Waals surface area contributed by atoms with E-state index in [0.29, 0.717) is 31.7 Å². The van der Waals surface area contributed by atoms with Crippen molar-refractivity contribution in [1.29, 1.82) is 0 Å². The number of halogens is 2. The Kier molecular flexibility index (Phi) is 4.36. The van der Waals surface area contributed by atoms with E-state index in [-0.39, 0.29) is 23.6 Å². The predicted molar refractivity (Wildman–Crippen MR) is 116 cm³/mol. The van der Waals surface area contributed by atoms with E-state index in [1.54, 1.807) is 22.9 Å². The molecule has 5 aromatic rings. The predicted octanol–water partition coefficient (Wildman–Crippen LogP) is 3.43. The van der Waals surface area contributed by atoms with E-state index in [2.05, 4.69) is 36.0 Å². The molecule has 150 valence electrons. The van der Waals surface area contributed by atoms with Crippen LogP contribution in [0.25, 0.3) is 26.9 Å². The maximum absolute atomic E-state index is 14.7. The van der Waals surface area contributed by atoms with Crippen molar-refractivity contribution in [2.45, 2.75) is 13.5 Å². The van der Waals surface area contributed by atoms with Crippen molar-refractivity contribution >= 4 is 54.3 Å². The van der Waals surface area contributed by atoms with Crippen LogP contribution in [0.5, 0.6) is 0 Å². The molecule has 0 aliphatic carbocycles. The molecular weight excluding hydrogens is 473 g/mol. The first kappa shape index (κ1) is 18.8. The van der Waals surface area contributed by atoms with Gasteiger partial charge in [-0.2, -0.15) is 5.10 Å². The lowest BCUT2D eigenvalue weighted by Gasteiger charge is -2.14. The molecule has 1 aromatic carbocycles. The molecule has 0 saturated heterocycles. The van der Waals surface area contributed by atoms with Crippen molar-refractivity contribution in [2.75, 3.05) is 5.73 Å². The van der Waals surface area contributed by atoms with E-state index in [1.807, 2.05) is 12.3 Å². The molecule has 8 nitrogen and oxygen atoms in total. The first-order valence-corrected chi connectivity index (χ1v) is 10.5. The van der Waals surface area contributed by atoms with Crippen LogP contribution in [0.1, 0.15) is 11.4 Å². The molecule has 0 aliphatic heterocycles. The lowest BCUT2D eigenvalue weighted by molar-refractivity contribution is 0.599. The average Bonchev–Trinajstić information content (AvgIpc) is 3.24. The summed E-state index contributed by atoms with van der Waals surface area (Å²) in [7, 11) is 0. The molecule has 5 rings (SSSR count). The molecule has 0 unspecified atom stereocenters. The summed E-state index contributed by atoms with van der Waals surface area (Å²) in [6.07, 6.45) is 1.34. The normalized spacial score (nSPS) is 11.6. The highest BCUT2D eigenvalue weighted by molar-refractivity contribution is 9.10. The molecule has 0 aliphatic rings. The summed E-state index contributed by atoms with van der Waals surface area (Å²) in [5, 5.41) is 7.32. The Hall–Kier alpha value is -3.18. The molecule has 0 saturated carbocycles. The number of aromatic nitrogens is 6. The standard InChI is InChI=1S/C19H13BrFN7OS/c1-9-7-30-18-13(9)19(29)28(11-5-3-2-4-10(11)21)12(25-18)6-27-17-14(15(20)26-27)16(22)23-8-24-17/h2-5,7-8H,6H2,1H3,(H2,22,23,24). The van der Waals surface area contributed by atoms with Crippen LogP contribution in [-0.4, -0.2) is 29.3 Å². The summed E-state index contributed by atoms with van der Waals surface area (Å²) < 4.78 is 18.0. The number of anilines is 1. The van der Waals surface area contributed by atoms with E-state index in [4.69, 9.17) is 5.73 Å². The van der Waals surface area contributed by atoms with Gasteiger partial charge >= 0.3 is 0 Å². The maximum Gasteiger partial charge on any atom is 0.267 e. The first-order chi connectivity index (χ1) is 14.5. The minimum atomic E-state index is -0.520. The number of aryl methyl sites for hydroxylation is 1. The second-order valence-electron chi connectivity index (χ2n) is 6.62. The molecular formula is C19H13BrFN7OS. The topological polar surface area (TPSA) is 105 Å². The lowest BCUT2D eigenvalue weighted by atomic mass is 10.2. The highest BCUT2D eigenvalue weighted by atomic mass is 79.9. The van der Waals surface area contributed by atoms with Gasteiger partial charge in [0.05, 0.1) is 16.5 Å². The van der Waals surface area contributed by atoms with E-state index in [0.717, 1.165) is 5.56 Å².